The Morgan fingerprint density at radius 1 is 1.10 bits per heavy atom. The first-order valence-corrected chi connectivity index (χ1v) is 8.19. The van der Waals surface area contributed by atoms with Crippen LogP contribution in [-0.4, -0.2) is 25.0 Å². The van der Waals surface area contributed by atoms with Gasteiger partial charge in [0.25, 0.3) is 0 Å². The molecule has 1 nitrogen and oxygen atoms in total. The number of hydrogen-bond donors (Lipinski definition) is 0. The van der Waals surface area contributed by atoms with Gasteiger partial charge in [0.1, 0.15) is 5.82 Å². The highest BCUT2D eigenvalue weighted by atomic mass is 19.1. The molecule has 1 aromatic carbocycles. The predicted molar refractivity (Wildman–Crippen MR) is 79.3 cm³/mol. The van der Waals surface area contributed by atoms with Crippen molar-refractivity contribution in [3.05, 3.63) is 35.1 Å². The molecule has 1 heterocycles. The average Bonchev–Trinajstić information content (AvgIpc) is 2.46. The van der Waals surface area contributed by atoms with Crippen molar-refractivity contribution in [2.24, 2.45) is 17.8 Å². The van der Waals surface area contributed by atoms with Crippen LogP contribution in [0.4, 0.5) is 4.39 Å². The van der Waals surface area contributed by atoms with Crippen molar-refractivity contribution in [1.82, 2.24) is 4.90 Å². The lowest BCUT2D eigenvalue weighted by molar-refractivity contribution is 0.0385. The van der Waals surface area contributed by atoms with Crippen molar-refractivity contribution in [3.8, 4) is 0 Å². The summed E-state index contributed by atoms with van der Waals surface area (Å²) in [5.74, 6) is 3.19. The summed E-state index contributed by atoms with van der Waals surface area (Å²) in [7, 11) is 2.26. The fourth-order valence-electron chi connectivity index (χ4n) is 5.27. The molecular formula is C18H24FN. The molecule has 0 radical (unpaired) electrons. The summed E-state index contributed by atoms with van der Waals surface area (Å²) in [4.78, 5) is 2.50. The number of piperidine rings is 1. The Hall–Kier alpha value is -0.890. The van der Waals surface area contributed by atoms with Crippen LogP contribution >= 0.6 is 0 Å². The minimum absolute atomic E-state index is 0.0464. The molecule has 2 heteroatoms. The highest BCUT2D eigenvalue weighted by Gasteiger charge is 2.43. The summed E-state index contributed by atoms with van der Waals surface area (Å²) in [6.45, 7) is 2.53. The van der Waals surface area contributed by atoms with E-state index in [1.54, 1.807) is 6.07 Å². The van der Waals surface area contributed by atoms with Crippen molar-refractivity contribution < 1.29 is 4.39 Å². The summed E-state index contributed by atoms with van der Waals surface area (Å²) < 4.78 is 13.6. The molecule has 0 amide bonds. The minimum atomic E-state index is -0.0464. The summed E-state index contributed by atoms with van der Waals surface area (Å²) in [6.07, 6.45) is 6.46. The molecule has 1 saturated carbocycles. The van der Waals surface area contributed by atoms with Crippen LogP contribution in [0.2, 0.25) is 0 Å². The third-order valence-electron chi connectivity index (χ3n) is 6.17. The second-order valence-electron chi connectivity index (χ2n) is 7.20. The lowest BCUT2D eigenvalue weighted by atomic mass is 9.58. The van der Waals surface area contributed by atoms with E-state index < -0.39 is 0 Å². The molecule has 0 unspecified atom stereocenters. The zero-order valence-corrected chi connectivity index (χ0v) is 12.3. The second kappa shape index (κ2) is 4.84. The lowest BCUT2D eigenvalue weighted by Crippen LogP contribution is -2.46. The van der Waals surface area contributed by atoms with Crippen LogP contribution < -0.4 is 0 Å². The molecule has 4 atom stereocenters. The number of halogens is 1. The molecule has 2 aliphatic carbocycles. The number of nitrogens with zero attached hydrogens (tertiary/aromatic N) is 1. The van der Waals surface area contributed by atoms with E-state index in [-0.39, 0.29) is 5.82 Å². The van der Waals surface area contributed by atoms with Crippen LogP contribution in [-0.2, 0) is 6.42 Å². The van der Waals surface area contributed by atoms with Gasteiger partial charge in [-0.25, -0.2) is 4.39 Å². The number of hydrogen-bond acceptors (Lipinski definition) is 1. The molecule has 0 N–H and O–H groups in total. The highest BCUT2D eigenvalue weighted by Crippen LogP contribution is 2.52. The Bertz CT molecular complexity index is 512. The molecule has 0 aromatic heterocycles. The van der Waals surface area contributed by atoms with Gasteiger partial charge in [0, 0.05) is 6.54 Å². The molecule has 0 spiro atoms. The quantitative estimate of drug-likeness (QED) is 0.694. The number of fused-ring (bicyclic) bond motifs is 5. The van der Waals surface area contributed by atoms with Crippen LogP contribution in [0.1, 0.15) is 42.7 Å². The van der Waals surface area contributed by atoms with E-state index in [4.69, 9.17) is 0 Å². The van der Waals surface area contributed by atoms with Gasteiger partial charge in [-0.15, -0.1) is 0 Å². The van der Waals surface area contributed by atoms with Gasteiger partial charge < -0.3 is 4.90 Å². The third-order valence-corrected chi connectivity index (χ3v) is 6.17. The highest BCUT2D eigenvalue weighted by molar-refractivity contribution is 5.35. The minimum Gasteiger partial charge on any atom is -0.306 e. The lowest BCUT2D eigenvalue weighted by Gasteiger charge is -2.50. The summed E-state index contributed by atoms with van der Waals surface area (Å²) in [5, 5.41) is 0. The van der Waals surface area contributed by atoms with Crippen LogP contribution in [0.25, 0.3) is 0 Å². The van der Waals surface area contributed by atoms with E-state index in [0.29, 0.717) is 5.92 Å². The predicted octanol–water partition coefficient (Wildman–Crippen LogP) is 3.83. The Kier molecular flexibility index (Phi) is 3.10. The molecule has 2 fully saturated rings. The fourth-order valence-corrected chi connectivity index (χ4v) is 5.27. The summed E-state index contributed by atoms with van der Waals surface area (Å²) in [5.41, 5.74) is 2.76. The van der Waals surface area contributed by atoms with Gasteiger partial charge in [0.15, 0.2) is 0 Å². The van der Waals surface area contributed by atoms with Gasteiger partial charge in [0.2, 0.25) is 0 Å². The number of benzene rings is 1. The average molecular weight is 273 g/mol. The SMILES string of the molecule is CN1CC[C@@H]2[C@H](CC[C@H]3c4cc(F)ccc4CC[C@@H]23)C1. The smallest absolute Gasteiger partial charge is 0.123 e. The molecular weight excluding hydrogens is 249 g/mol. The molecule has 108 valence electrons. The molecule has 20 heavy (non-hydrogen) atoms. The van der Waals surface area contributed by atoms with E-state index in [1.807, 2.05) is 12.1 Å². The zero-order chi connectivity index (χ0) is 13.7. The molecule has 3 aliphatic rings. The first-order chi connectivity index (χ1) is 9.72. The van der Waals surface area contributed by atoms with Gasteiger partial charge in [-0.2, -0.15) is 0 Å². The number of aryl methyl sites for hydroxylation is 1. The van der Waals surface area contributed by atoms with Crippen molar-refractivity contribution in [2.45, 2.75) is 38.0 Å². The van der Waals surface area contributed by atoms with E-state index in [2.05, 4.69) is 11.9 Å². The third kappa shape index (κ3) is 2.00. The molecule has 4 rings (SSSR count). The van der Waals surface area contributed by atoms with E-state index >= 15 is 0 Å². The van der Waals surface area contributed by atoms with Crippen LogP contribution in [0.5, 0.6) is 0 Å². The van der Waals surface area contributed by atoms with Crippen LogP contribution in [0, 0.1) is 23.6 Å². The second-order valence-corrected chi connectivity index (χ2v) is 7.20. The largest absolute Gasteiger partial charge is 0.306 e. The summed E-state index contributed by atoms with van der Waals surface area (Å²) >= 11 is 0. The normalized spacial score (nSPS) is 36.9. The molecule has 0 bridgehead atoms. The van der Waals surface area contributed by atoms with E-state index in [9.17, 15) is 4.39 Å². The Labute approximate surface area is 121 Å². The first kappa shape index (κ1) is 12.8. The van der Waals surface area contributed by atoms with Gasteiger partial charge in [-0.3, -0.25) is 0 Å². The van der Waals surface area contributed by atoms with Gasteiger partial charge in [-0.05, 0) is 92.6 Å². The Balaban J connectivity index is 1.65. The molecule has 1 aromatic rings. The van der Waals surface area contributed by atoms with Gasteiger partial charge in [0.05, 0.1) is 0 Å². The number of likely N-dealkylation sites (tertiary alicyclic amines) is 1. The Morgan fingerprint density at radius 2 is 2.00 bits per heavy atom. The van der Waals surface area contributed by atoms with E-state index in [1.165, 1.54) is 49.9 Å². The van der Waals surface area contributed by atoms with Crippen molar-refractivity contribution >= 4 is 0 Å². The van der Waals surface area contributed by atoms with Gasteiger partial charge >= 0.3 is 0 Å². The monoisotopic (exact) mass is 273 g/mol. The van der Waals surface area contributed by atoms with Crippen molar-refractivity contribution in [1.29, 1.82) is 0 Å². The maximum Gasteiger partial charge on any atom is 0.123 e. The number of rotatable bonds is 0. The fraction of sp³-hybridized carbons (Fsp3) is 0.667. The van der Waals surface area contributed by atoms with Crippen molar-refractivity contribution in [2.75, 3.05) is 20.1 Å². The molecule has 1 aliphatic heterocycles. The first-order valence-electron chi connectivity index (χ1n) is 8.19. The van der Waals surface area contributed by atoms with Gasteiger partial charge in [-0.1, -0.05) is 6.07 Å². The maximum absolute atomic E-state index is 13.6. The van der Waals surface area contributed by atoms with Crippen LogP contribution in [0.15, 0.2) is 18.2 Å². The Morgan fingerprint density at radius 3 is 2.90 bits per heavy atom. The maximum atomic E-state index is 13.6. The molecule has 1 saturated heterocycles. The van der Waals surface area contributed by atoms with Crippen molar-refractivity contribution in [3.63, 3.8) is 0 Å². The van der Waals surface area contributed by atoms with Crippen LogP contribution in [0.3, 0.4) is 0 Å². The summed E-state index contributed by atoms with van der Waals surface area (Å²) in [6, 6.07) is 5.50. The van der Waals surface area contributed by atoms with E-state index in [0.717, 1.165) is 24.2 Å². The zero-order valence-electron chi connectivity index (χ0n) is 12.3. The standard InChI is InChI=1S/C18H24FN/c1-20-9-8-15-13(11-20)4-7-17-16(15)6-3-12-2-5-14(19)10-18(12)17/h2,5,10,13,15-17H,3-4,6-9,11H2,1H3/t13-,15-,16+,17-/m1/s1. The topological polar surface area (TPSA) is 3.24 Å².